The van der Waals surface area contributed by atoms with E-state index in [1.165, 1.54) is 0 Å². The molecule has 7 nitrogen and oxygen atoms in total. The minimum atomic E-state index is -4.61. The van der Waals surface area contributed by atoms with E-state index in [1.807, 2.05) is 0 Å². The second-order valence-corrected chi connectivity index (χ2v) is 7.16. The molecule has 1 aliphatic heterocycles. The Morgan fingerprint density at radius 3 is 2.52 bits per heavy atom. The van der Waals surface area contributed by atoms with Gasteiger partial charge in [0.25, 0.3) is 5.91 Å². The van der Waals surface area contributed by atoms with Gasteiger partial charge in [-0.25, -0.2) is 4.98 Å². The number of nitrogens with one attached hydrogen (secondary N) is 1. The Hall–Kier alpha value is -3.14. The van der Waals surface area contributed by atoms with Gasteiger partial charge < -0.3 is 15.0 Å². The van der Waals surface area contributed by atoms with Crippen LogP contribution in [0.1, 0.15) is 24.0 Å². The first-order chi connectivity index (χ1) is 14.6. The molecule has 0 spiro atoms. The number of carbonyl (C=O) groups is 3. The maximum absolute atomic E-state index is 12.6. The maximum atomic E-state index is 12.6. The van der Waals surface area contributed by atoms with E-state index in [9.17, 15) is 27.6 Å². The number of halogens is 4. The minimum Gasteiger partial charge on any atom is -0.455 e. The third kappa shape index (κ3) is 5.94. The molecule has 2 amide bonds. The van der Waals surface area contributed by atoms with Crippen molar-refractivity contribution in [1.82, 2.24) is 4.98 Å². The van der Waals surface area contributed by atoms with Gasteiger partial charge in [-0.2, -0.15) is 13.2 Å². The fourth-order valence-electron chi connectivity index (χ4n) is 2.93. The van der Waals surface area contributed by atoms with Gasteiger partial charge in [0, 0.05) is 24.8 Å². The van der Waals surface area contributed by atoms with Crippen LogP contribution in [0.15, 0.2) is 36.5 Å². The van der Waals surface area contributed by atoms with Crippen LogP contribution in [0.4, 0.5) is 24.7 Å². The van der Waals surface area contributed by atoms with Crippen molar-refractivity contribution in [2.24, 2.45) is 0 Å². The fraction of sp³-hybridized carbons (Fsp3) is 0.300. The summed E-state index contributed by atoms with van der Waals surface area (Å²) in [5, 5.41) is 1.79. The summed E-state index contributed by atoms with van der Waals surface area (Å²) in [5.74, 6) is -1.69. The zero-order chi connectivity index (χ0) is 22.6. The van der Waals surface area contributed by atoms with Crippen molar-refractivity contribution in [2.45, 2.75) is 25.4 Å². The van der Waals surface area contributed by atoms with Crippen LogP contribution in [0.2, 0.25) is 5.02 Å². The summed E-state index contributed by atoms with van der Waals surface area (Å²) in [7, 11) is 0. The normalized spacial score (nSPS) is 13.9. The van der Waals surface area contributed by atoms with Gasteiger partial charge in [0.2, 0.25) is 5.91 Å². The number of anilines is 2. The molecule has 2 aromatic rings. The highest BCUT2D eigenvalue weighted by atomic mass is 35.5. The summed E-state index contributed by atoms with van der Waals surface area (Å²) in [6.07, 6.45) is -2.85. The molecule has 0 bridgehead atoms. The molecule has 1 fully saturated rings. The lowest BCUT2D eigenvalue weighted by molar-refractivity contribution is -0.146. The van der Waals surface area contributed by atoms with Crippen LogP contribution in [-0.2, 0) is 31.7 Å². The van der Waals surface area contributed by atoms with Crippen molar-refractivity contribution >= 4 is 40.9 Å². The number of esters is 1. The number of pyridine rings is 1. The van der Waals surface area contributed by atoms with Crippen molar-refractivity contribution in [1.29, 1.82) is 0 Å². The molecule has 0 radical (unpaired) electrons. The molecule has 2 heterocycles. The second kappa shape index (κ2) is 9.34. The van der Waals surface area contributed by atoms with Gasteiger partial charge in [0.05, 0.1) is 17.0 Å². The number of rotatable bonds is 6. The SMILES string of the molecule is O=C(COC(=O)Cc1ccc(N2CCCC2=O)cc1)Nc1ncc(C(F)(F)F)cc1Cl. The van der Waals surface area contributed by atoms with Gasteiger partial charge in [0.1, 0.15) is 0 Å². The molecule has 0 saturated carbocycles. The molecular formula is C20H17ClF3N3O4. The van der Waals surface area contributed by atoms with Crippen molar-refractivity contribution in [3.05, 3.63) is 52.7 Å². The summed E-state index contributed by atoms with van der Waals surface area (Å²) < 4.78 is 42.7. The van der Waals surface area contributed by atoms with Gasteiger partial charge in [-0.1, -0.05) is 23.7 Å². The van der Waals surface area contributed by atoms with E-state index >= 15 is 0 Å². The number of hydrogen-bond donors (Lipinski definition) is 1. The van der Waals surface area contributed by atoms with E-state index in [0.717, 1.165) is 12.1 Å². The highest BCUT2D eigenvalue weighted by molar-refractivity contribution is 6.33. The van der Waals surface area contributed by atoms with Crippen LogP contribution in [0.5, 0.6) is 0 Å². The molecule has 0 atom stereocenters. The molecule has 1 aliphatic rings. The summed E-state index contributed by atoms with van der Waals surface area (Å²) >= 11 is 5.71. The molecule has 0 unspecified atom stereocenters. The van der Waals surface area contributed by atoms with Crippen molar-refractivity contribution < 1.29 is 32.3 Å². The van der Waals surface area contributed by atoms with Crippen molar-refractivity contribution in [3.63, 3.8) is 0 Å². The largest absolute Gasteiger partial charge is 0.455 e. The summed E-state index contributed by atoms with van der Waals surface area (Å²) in [5.41, 5.74) is 0.329. The standard InChI is InChI=1S/C20H17ClF3N3O4/c21-15-9-13(20(22,23)24)10-25-19(15)26-16(28)11-31-18(30)8-12-3-5-14(6-4-12)27-7-1-2-17(27)29/h3-6,9-10H,1-2,7-8,11H2,(H,25,26,28). The average molecular weight is 456 g/mol. The van der Waals surface area contributed by atoms with E-state index in [-0.39, 0.29) is 18.1 Å². The lowest BCUT2D eigenvalue weighted by Crippen LogP contribution is -2.23. The molecule has 1 N–H and O–H groups in total. The third-order valence-corrected chi connectivity index (χ3v) is 4.75. The topological polar surface area (TPSA) is 88.6 Å². The molecular weight excluding hydrogens is 439 g/mol. The van der Waals surface area contributed by atoms with Crippen molar-refractivity contribution in [3.8, 4) is 0 Å². The molecule has 0 aliphatic carbocycles. The van der Waals surface area contributed by atoms with Crippen LogP contribution in [-0.4, -0.2) is 35.9 Å². The van der Waals surface area contributed by atoms with Gasteiger partial charge in [-0.05, 0) is 30.2 Å². The molecule has 164 valence electrons. The lowest BCUT2D eigenvalue weighted by atomic mass is 10.1. The van der Waals surface area contributed by atoms with Crippen LogP contribution in [0.25, 0.3) is 0 Å². The maximum Gasteiger partial charge on any atom is 0.417 e. The number of alkyl halides is 3. The molecule has 1 saturated heterocycles. The number of benzene rings is 1. The molecule has 3 rings (SSSR count). The molecule has 1 aromatic carbocycles. The Kier molecular flexibility index (Phi) is 6.79. The van der Waals surface area contributed by atoms with Crippen LogP contribution in [0.3, 0.4) is 0 Å². The number of amides is 2. The number of ether oxygens (including phenoxy) is 1. The van der Waals surface area contributed by atoms with E-state index < -0.39 is 35.2 Å². The third-order valence-electron chi connectivity index (χ3n) is 4.46. The Labute approximate surface area is 180 Å². The quantitative estimate of drug-likeness (QED) is 0.672. The first-order valence-corrected chi connectivity index (χ1v) is 9.59. The van der Waals surface area contributed by atoms with Gasteiger partial charge >= 0.3 is 12.1 Å². The number of nitrogens with zero attached hydrogens (tertiary/aromatic N) is 2. The Bertz CT molecular complexity index is 996. The lowest BCUT2D eigenvalue weighted by Gasteiger charge is -2.15. The Balaban J connectivity index is 1.48. The smallest absolute Gasteiger partial charge is 0.417 e. The van der Waals surface area contributed by atoms with E-state index in [0.29, 0.717) is 30.8 Å². The zero-order valence-corrected chi connectivity index (χ0v) is 16.8. The minimum absolute atomic E-state index is 0.0563. The first-order valence-electron chi connectivity index (χ1n) is 9.21. The van der Waals surface area contributed by atoms with Gasteiger partial charge in [-0.15, -0.1) is 0 Å². The number of carbonyl (C=O) groups excluding carboxylic acids is 3. The Morgan fingerprint density at radius 1 is 1.23 bits per heavy atom. The van der Waals surface area contributed by atoms with E-state index in [2.05, 4.69) is 10.3 Å². The van der Waals surface area contributed by atoms with E-state index in [1.54, 1.807) is 29.2 Å². The summed E-state index contributed by atoms with van der Waals surface area (Å²) in [6, 6.07) is 7.48. The van der Waals surface area contributed by atoms with Crippen LogP contribution in [0, 0.1) is 0 Å². The first kappa shape index (κ1) is 22.5. The number of aromatic nitrogens is 1. The predicted octanol–water partition coefficient (Wildman–Crippen LogP) is 3.61. The number of hydrogen-bond acceptors (Lipinski definition) is 5. The fourth-order valence-corrected chi connectivity index (χ4v) is 3.15. The van der Waals surface area contributed by atoms with Gasteiger partial charge in [0.15, 0.2) is 12.4 Å². The highest BCUT2D eigenvalue weighted by Crippen LogP contribution is 2.32. The average Bonchev–Trinajstić information content (AvgIpc) is 3.13. The van der Waals surface area contributed by atoms with Gasteiger partial charge in [-0.3, -0.25) is 14.4 Å². The van der Waals surface area contributed by atoms with Crippen LogP contribution < -0.4 is 10.2 Å². The Morgan fingerprint density at radius 2 is 1.94 bits per heavy atom. The summed E-state index contributed by atoms with van der Waals surface area (Å²) in [4.78, 5) is 40.7. The molecule has 31 heavy (non-hydrogen) atoms. The molecule has 11 heteroatoms. The summed E-state index contributed by atoms with van der Waals surface area (Å²) in [6.45, 7) is 0.00532. The van der Waals surface area contributed by atoms with Crippen molar-refractivity contribution in [2.75, 3.05) is 23.4 Å². The van der Waals surface area contributed by atoms with Crippen LogP contribution >= 0.6 is 11.6 Å². The predicted molar refractivity (Wildman–Crippen MR) is 106 cm³/mol. The zero-order valence-electron chi connectivity index (χ0n) is 16.0. The second-order valence-electron chi connectivity index (χ2n) is 6.75. The highest BCUT2D eigenvalue weighted by Gasteiger charge is 2.31. The molecule has 1 aromatic heterocycles. The van der Waals surface area contributed by atoms with E-state index in [4.69, 9.17) is 16.3 Å². The monoisotopic (exact) mass is 455 g/mol.